The summed E-state index contributed by atoms with van der Waals surface area (Å²) in [6.07, 6.45) is -0.529. The van der Waals surface area contributed by atoms with Gasteiger partial charge >= 0.3 is 35.4 Å². The van der Waals surface area contributed by atoms with E-state index in [9.17, 15) is 4.79 Å². The van der Waals surface area contributed by atoms with Crippen molar-refractivity contribution in [1.82, 2.24) is 0 Å². The van der Waals surface area contributed by atoms with E-state index in [1.54, 1.807) is 18.4 Å². The van der Waals surface area contributed by atoms with Gasteiger partial charge in [-0.1, -0.05) is 5.56 Å². The van der Waals surface area contributed by atoms with E-state index in [1.165, 1.54) is 0 Å². The smallest absolute Gasteiger partial charge is 0.652 e. The van der Waals surface area contributed by atoms with Gasteiger partial charge in [-0.3, -0.25) is 0 Å². The van der Waals surface area contributed by atoms with Gasteiger partial charge in [-0.2, -0.15) is 17.7 Å². The first-order valence-electron chi connectivity index (χ1n) is 3.39. The minimum Gasteiger partial charge on any atom is -0.652 e. The molecule has 6 heteroatoms. The van der Waals surface area contributed by atoms with Gasteiger partial charge in [-0.05, 0) is 13.1 Å². The zero-order chi connectivity index (χ0) is 10.3. The molecule has 0 amide bonds. The van der Waals surface area contributed by atoms with Crippen molar-refractivity contribution in [3.05, 3.63) is 35.4 Å². The van der Waals surface area contributed by atoms with Crippen molar-refractivity contribution < 1.29 is 55.2 Å². The molecule has 0 radical (unpaired) electrons. The molecular weight excluding hydrogens is 238 g/mol. The second-order valence-corrected chi connectivity index (χ2v) is 2.22. The van der Waals surface area contributed by atoms with Crippen LogP contribution in [-0.4, -0.2) is 12.4 Å². The number of rotatable bonds is 1. The number of aryl methyl sites for hydroxylation is 1. The van der Waals surface area contributed by atoms with E-state index in [4.69, 9.17) is 15.0 Å². The monoisotopic (exact) mass is 244 g/mol. The molecule has 78 valence electrons. The van der Waals surface area contributed by atoms with Crippen LogP contribution in [0.15, 0.2) is 24.3 Å². The number of carbonyl (C=O) groups is 1. The maximum atomic E-state index is 9.99. The van der Waals surface area contributed by atoms with Crippen LogP contribution in [-0.2, 0) is 21.3 Å². The molecule has 0 bridgehead atoms. The Bertz CT molecular complexity index is 283. The Labute approximate surface area is 110 Å². The van der Waals surface area contributed by atoms with Gasteiger partial charge in [0.25, 0.3) is 0 Å². The Morgan fingerprint density at radius 3 is 1.80 bits per heavy atom. The molecule has 0 N–H and O–H groups in total. The van der Waals surface area contributed by atoms with Crippen molar-refractivity contribution in [2.45, 2.75) is 6.92 Å². The molecule has 0 aliphatic carbocycles. The molecular formula is C9H7LiNiO4. The fourth-order valence-electron chi connectivity index (χ4n) is 0.622. The Kier molecular flexibility index (Phi) is 14.9. The summed E-state index contributed by atoms with van der Waals surface area (Å²) in [7, 11) is 0. The summed E-state index contributed by atoms with van der Waals surface area (Å²) < 4.78 is 0. The molecule has 0 saturated carbocycles. The van der Waals surface area contributed by atoms with E-state index < -0.39 is 6.16 Å². The first-order valence-corrected chi connectivity index (χ1v) is 3.39. The Hall–Kier alpha value is -0.749. The van der Waals surface area contributed by atoms with Crippen LogP contribution < -0.4 is 29.1 Å². The molecule has 1 aromatic carbocycles. The molecule has 0 aliphatic rings. The predicted octanol–water partition coefficient (Wildman–Crippen LogP) is -3.99. The number of benzene rings is 1. The minimum absolute atomic E-state index is 0. The molecule has 0 spiro atoms. The molecule has 0 saturated heterocycles. The van der Waals surface area contributed by atoms with E-state index in [2.05, 4.69) is 0 Å². The average Bonchev–Trinajstić information content (AvgIpc) is 2.05. The van der Waals surface area contributed by atoms with Crippen molar-refractivity contribution in [2.75, 3.05) is 0 Å². The molecule has 1 rings (SSSR count). The summed E-state index contributed by atoms with van der Waals surface area (Å²) in [6, 6.07) is 7.28. The second kappa shape index (κ2) is 11.3. The first kappa shape index (κ1) is 19.8. The summed E-state index contributed by atoms with van der Waals surface area (Å²) in [4.78, 5) is 18.3. The third kappa shape index (κ3) is 13.3. The fraction of sp³-hybridized carbons (Fsp3) is 0.111. The van der Waals surface area contributed by atoms with Gasteiger partial charge in [-0.25, -0.2) is 0 Å². The van der Waals surface area contributed by atoms with E-state index in [-0.39, 0.29) is 35.4 Å². The molecule has 4 nitrogen and oxygen atoms in total. The predicted molar refractivity (Wildman–Crippen MR) is 41.4 cm³/mol. The third-order valence-corrected chi connectivity index (χ3v) is 1.17. The van der Waals surface area contributed by atoms with Gasteiger partial charge in [0.05, 0.1) is 6.29 Å². The molecule has 0 aromatic heterocycles. The molecule has 0 heterocycles. The normalized spacial score (nSPS) is 7.00. The van der Waals surface area contributed by atoms with Crippen LogP contribution in [0.25, 0.3) is 0 Å². The standard InChI is InChI=1S/C8H7O.CH2O3.Li.Ni/c1-7-2-4-8(6-9)5-3-7;2-1(3)4;;/h2-5H,1H3;(H2,2,3,4);;/q-1;;+1;+2/p-2. The second-order valence-electron chi connectivity index (χ2n) is 2.22. The molecule has 0 fully saturated rings. The Morgan fingerprint density at radius 2 is 1.53 bits per heavy atom. The average molecular weight is 245 g/mol. The van der Waals surface area contributed by atoms with E-state index in [0.717, 1.165) is 5.56 Å². The van der Waals surface area contributed by atoms with Crippen LogP contribution in [0.3, 0.4) is 0 Å². The summed E-state index contributed by atoms with van der Waals surface area (Å²) in [5, 5.41) is 16.7. The summed E-state index contributed by atoms with van der Waals surface area (Å²) in [5.74, 6) is 0. The third-order valence-electron chi connectivity index (χ3n) is 1.17. The molecule has 0 aliphatic heterocycles. The quantitative estimate of drug-likeness (QED) is 0.373. The van der Waals surface area contributed by atoms with Gasteiger partial charge in [0.15, 0.2) is 0 Å². The SMILES string of the molecule is Cc1ccc([C-]=O)cc1.O=C([O-])[O-].[Li+].[Ni+2]. The van der Waals surface area contributed by atoms with Crippen molar-refractivity contribution in [1.29, 1.82) is 0 Å². The van der Waals surface area contributed by atoms with Crippen molar-refractivity contribution >= 4 is 12.4 Å². The van der Waals surface area contributed by atoms with Gasteiger partial charge in [-0.15, -0.1) is 12.1 Å². The van der Waals surface area contributed by atoms with Crippen LogP contribution in [0, 0.1) is 6.92 Å². The van der Waals surface area contributed by atoms with Gasteiger partial charge < -0.3 is 19.8 Å². The zero-order valence-corrected chi connectivity index (χ0v) is 9.25. The summed E-state index contributed by atoms with van der Waals surface area (Å²) in [6.45, 7) is 1.98. The van der Waals surface area contributed by atoms with Gasteiger partial charge in [0.2, 0.25) is 0 Å². The van der Waals surface area contributed by atoms with Gasteiger partial charge in [0, 0.05) is 0 Å². The minimum atomic E-state index is -2.33. The molecule has 0 unspecified atom stereocenters. The number of carboxylic acid groups (broad SMARTS) is 2. The Morgan fingerprint density at radius 1 is 1.20 bits per heavy atom. The van der Waals surface area contributed by atoms with Crippen LogP contribution in [0.2, 0.25) is 0 Å². The van der Waals surface area contributed by atoms with Crippen molar-refractivity contribution in [3.8, 4) is 0 Å². The summed E-state index contributed by atoms with van der Waals surface area (Å²) in [5.41, 5.74) is 1.77. The topological polar surface area (TPSA) is 80.3 Å². The maximum absolute atomic E-state index is 9.99. The van der Waals surface area contributed by atoms with Crippen molar-refractivity contribution in [2.24, 2.45) is 0 Å². The van der Waals surface area contributed by atoms with Crippen LogP contribution in [0.4, 0.5) is 4.79 Å². The molecule has 15 heavy (non-hydrogen) atoms. The van der Waals surface area contributed by atoms with Crippen molar-refractivity contribution in [3.63, 3.8) is 0 Å². The largest absolute Gasteiger partial charge is 2.00 e. The zero-order valence-electron chi connectivity index (χ0n) is 8.26. The van der Waals surface area contributed by atoms with Crippen LogP contribution >= 0.6 is 0 Å². The molecule has 1 aromatic rings. The molecule has 0 atom stereocenters. The number of carbonyl (C=O) groups excluding carboxylic acids is 2. The van der Waals surface area contributed by atoms with Gasteiger partial charge in [0.1, 0.15) is 0 Å². The van der Waals surface area contributed by atoms with E-state index in [0.29, 0.717) is 5.56 Å². The summed E-state index contributed by atoms with van der Waals surface area (Å²) >= 11 is 0. The van der Waals surface area contributed by atoms with Crippen LogP contribution in [0.1, 0.15) is 11.1 Å². The van der Waals surface area contributed by atoms with E-state index >= 15 is 0 Å². The van der Waals surface area contributed by atoms with E-state index in [1.807, 2.05) is 19.1 Å². The number of hydrogen-bond donors (Lipinski definition) is 0. The number of hydrogen-bond acceptors (Lipinski definition) is 4. The Balaban J connectivity index is -0.000000213. The van der Waals surface area contributed by atoms with Crippen LogP contribution in [0.5, 0.6) is 0 Å². The maximum Gasteiger partial charge on any atom is 2.00 e. The first-order chi connectivity index (χ1) is 6.06. The fourth-order valence-corrected chi connectivity index (χ4v) is 0.622.